The summed E-state index contributed by atoms with van der Waals surface area (Å²) < 4.78 is 11.8. The van der Waals surface area contributed by atoms with Crippen LogP contribution in [0.25, 0.3) is 0 Å². The number of alkyl halides is 1. The Morgan fingerprint density at radius 3 is 1.86 bits per heavy atom. The predicted molar refractivity (Wildman–Crippen MR) is 29.4 cm³/mol. The Bertz CT molecular complexity index is 51.7. The third-order valence-corrected chi connectivity index (χ3v) is 1.24. The van der Waals surface area contributed by atoms with Gasteiger partial charge in [-0.1, -0.05) is 0 Å². The lowest BCUT2D eigenvalue weighted by Gasteiger charge is -2.25. The molecule has 1 nitrogen and oxygen atoms in total. The fourth-order valence-corrected chi connectivity index (χ4v) is 0.485. The van der Waals surface area contributed by atoms with Crippen LogP contribution < -0.4 is 5.73 Å². The summed E-state index contributed by atoms with van der Waals surface area (Å²) in [5, 5.41) is 0. The Hall–Kier alpha value is 0.180. The first-order valence-corrected chi connectivity index (χ1v) is 2.20. The molecule has 0 unspecified atom stereocenters. The van der Waals surface area contributed by atoms with Crippen molar-refractivity contribution >= 4 is 12.4 Å². The second-order valence-electron chi connectivity index (χ2n) is 1.76. The predicted octanol–water partition coefficient (Wildman–Crippen LogP) is 0.867. The maximum Gasteiger partial charge on any atom is 0.115 e. The van der Waals surface area contributed by atoms with Crippen molar-refractivity contribution in [3.8, 4) is 0 Å². The molecule has 0 saturated heterocycles. The molecule has 0 aromatic heterocycles. The smallest absolute Gasteiger partial charge is 0.115 e. The minimum atomic E-state index is -0.690. The van der Waals surface area contributed by atoms with E-state index in [1.54, 1.807) is 0 Å². The van der Waals surface area contributed by atoms with Gasteiger partial charge in [0.2, 0.25) is 0 Å². The normalized spacial score (nSPS) is 38.6. The van der Waals surface area contributed by atoms with Gasteiger partial charge in [-0.15, -0.1) is 12.4 Å². The van der Waals surface area contributed by atoms with Crippen molar-refractivity contribution < 1.29 is 4.39 Å². The summed E-state index contributed by atoms with van der Waals surface area (Å²) >= 11 is 0. The molecule has 1 rings (SSSR count). The van der Waals surface area contributed by atoms with E-state index in [1.807, 2.05) is 0 Å². The van der Waals surface area contributed by atoms with E-state index in [4.69, 9.17) is 5.73 Å². The summed E-state index contributed by atoms with van der Waals surface area (Å²) in [6, 6.07) is -0.134. The van der Waals surface area contributed by atoms with Crippen molar-refractivity contribution in [1.29, 1.82) is 0 Å². The summed E-state index contributed by atoms with van der Waals surface area (Å²) in [6.07, 6.45) is 0.868. The lowest BCUT2D eigenvalue weighted by Crippen LogP contribution is -2.40. The monoisotopic (exact) mass is 125 g/mol. The second-order valence-corrected chi connectivity index (χ2v) is 1.76. The fourth-order valence-electron chi connectivity index (χ4n) is 0.485. The van der Waals surface area contributed by atoms with Crippen LogP contribution in [-0.2, 0) is 0 Å². The van der Waals surface area contributed by atoms with Gasteiger partial charge in [-0.2, -0.15) is 0 Å². The highest BCUT2D eigenvalue weighted by Crippen LogP contribution is 2.19. The molecule has 1 aliphatic carbocycles. The maximum atomic E-state index is 11.8. The molecule has 0 bridgehead atoms. The van der Waals surface area contributed by atoms with Gasteiger partial charge in [0, 0.05) is 6.04 Å². The van der Waals surface area contributed by atoms with Crippen molar-refractivity contribution in [2.24, 2.45) is 5.73 Å². The zero-order chi connectivity index (χ0) is 4.57. The molecular weight excluding hydrogens is 117 g/mol. The van der Waals surface area contributed by atoms with Gasteiger partial charge in [-0.05, 0) is 12.8 Å². The molecule has 1 saturated carbocycles. The Morgan fingerprint density at radius 1 is 1.43 bits per heavy atom. The second kappa shape index (κ2) is 2.48. The largest absolute Gasteiger partial charge is 0.325 e. The first-order valence-electron chi connectivity index (χ1n) is 2.20. The van der Waals surface area contributed by atoms with Crippen LogP contribution in [0.3, 0.4) is 0 Å². The van der Waals surface area contributed by atoms with E-state index in [1.165, 1.54) is 0 Å². The molecule has 0 spiro atoms. The summed E-state index contributed by atoms with van der Waals surface area (Å²) in [5.41, 5.74) is 5.15. The SMILES string of the molecule is Cl.N[C@H]1CC[C@@H]1F. The fraction of sp³-hybridized carbons (Fsp3) is 1.00. The van der Waals surface area contributed by atoms with Crippen molar-refractivity contribution in [2.75, 3.05) is 0 Å². The Morgan fingerprint density at radius 2 is 1.86 bits per heavy atom. The van der Waals surface area contributed by atoms with Crippen molar-refractivity contribution in [3.63, 3.8) is 0 Å². The molecule has 0 heterocycles. The van der Waals surface area contributed by atoms with E-state index >= 15 is 0 Å². The molecule has 0 radical (unpaired) electrons. The zero-order valence-electron chi connectivity index (χ0n) is 3.93. The maximum absolute atomic E-state index is 11.8. The lowest BCUT2D eigenvalue weighted by atomic mass is 9.92. The molecule has 1 fully saturated rings. The van der Waals surface area contributed by atoms with Crippen LogP contribution in [0.5, 0.6) is 0 Å². The van der Waals surface area contributed by atoms with Crippen LogP contribution in [0.2, 0.25) is 0 Å². The van der Waals surface area contributed by atoms with E-state index in [2.05, 4.69) is 0 Å². The van der Waals surface area contributed by atoms with Gasteiger partial charge >= 0.3 is 0 Å². The lowest BCUT2D eigenvalue weighted by molar-refractivity contribution is 0.173. The molecule has 3 heteroatoms. The first kappa shape index (κ1) is 7.18. The van der Waals surface area contributed by atoms with Crippen LogP contribution >= 0.6 is 12.4 Å². The molecule has 2 N–H and O–H groups in total. The molecule has 7 heavy (non-hydrogen) atoms. The minimum Gasteiger partial charge on any atom is -0.325 e. The molecule has 0 aromatic carbocycles. The van der Waals surface area contributed by atoms with E-state index in [9.17, 15) is 4.39 Å². The zero-order valence-corrected chi connectivity index (χ0v) is 4.75. The van der Waals surface area contributed by atoms with Crippen LogP contribution in [0.15, 0.2) is 0 Å². The Labute approximate surface area is 48.5 Å². The van der Waals surface area contributed by atoms with E-state index in [-0.39, 0.29) is 18.4 Å². The molecule has 2 atom stereocenters. The third-order valence-electron chi connectivity index (χ3n) is 1.24. The first-order chi connectivity index (χ1) is 2.80. The van der Waals surface area contributed by atoms with Crippen LogP contribution in [0.1, 0.15) is 12.8 Å². The van der Waals surface area contributed by atoms with Crippen molar-refractivity contribution in [2.45, 2.75) is 25.1 Å². The highest BCUT2D eigenvalue weighted by Gasteiger charge is 2.25. The van der Waals surface area contributed by atoms with Gasteiger partial charge in [0.1, 0.15) is 6.17 Å². The Balaban J connectivity index is 0.000000360. The highest BCUT2D eigenvalue weighted by atomic mass is 35.5. The summed E-state index contributed by atoms with van der Waals surface area (Å²) in [5.74, 6) is 0. The third kappa shape index (κ3) is 1.28. The number of hydrogen-bond donors (Lipinski definition) is 1. The van der Waals surface area contributed by atoms with Crippen LogP contribution in [-0.4, -0.2) is 12.2 Å². The Kier molecular flexibility index (Phi) is 2.54. The van der Waals surface area contributed by atoms with Gasteiger partial charge in [0.15, 0.2) is 0 Å². The van der Waals surface area contributed by atoms with Gasteiger partial charge in [-0.3, -0.25) is 0 Å². The average molecular weight is 126 g/mol. The van der Waals surface area contributed by atoms with Gasteiger partial charge in [0.05, 0.1) is 0 Å². The molecule has 0 aromatic rings. The molecular formula is C4H9ClFN. The summed E-state index contributed by atoms with van der Waals surface area (Å²) in [6.45, 7) is 0. The minimum absolute atomic E-state index is 0. The summed E-state index contributed by atoms with van der Waals surface area (Å²) in [7, 11) is 0. The molecule has 44 valence electrons. The quantitative estimate of drug-likeness (QED) is 0.511. The summed E-state index contributed by atoms with van der Waals surface area (Å²) in [4.78, 5) is 0. The number of halogens is 2. The highest BCUT2D eigenvalue weighted by molar-refractivity contribution is 5.85. The van der Waals surface area contributed by atoms with E-state index in [0.29, 0.717) is 6.42 Å². The van der Waals surface area contributed by atoms with Gasteiger partial charge < -0.3 is 5.73 Å². The molecule has 0 aliphatic heterocycles. The molecule has 1 aliphatic rings. The number of hydrogen-bond acceptors (Lipinski definition) is 1. The van der Waals surface area contributed by atoms with Crippen molar-refractivity contribution in [1.82, 2.24) is 0 Å². The van der Waals surface area contributed by atoms with Crippen LogP contribution in [0, 0.1) is 0 Å². The number of nitrogens with two attached hydrogens (primary N) is 1. The topological polar surface area (TPSA) is 26.0 Å². The van der Waals surface area contributed by atoms with Crippen molar-refractivity contribution in [3.05, 3.63) is 0 Å². The average Bonchev–Trinajstić information content (AvgIpc) is 1.61. The standard InChI is InChI=1S/C4H8FN.ClH/c5-3-1-2-4(3)6;/h3-4H,1-2,6H2;1H/t3-,4-;/m0./s1. The van der Waals surface area contributed by atoms with E-state index < -0.39 is 6.17 Å². The van der Waals surface area contributed by atoms with Crippen LogP contribution in [0.4, 0.5) is 4.39 Å². The van der Waals surface area contributed by atoms with Gasteiger partial charge in [0.25, 0.3) is 0 Å². The van der Waals surface area contributed by atoms with E-state index in [0.717, 1.165) is 6.42 Å². The van der Waals surface area contributed by atoms with Gasteiger partial charge in [-0.25, -0.2) is 4.39 Å². The molecule has 0 amide bonds. The number of rotatable bonds is 0.